The van der Waals surface area contributed by atoms with Crippen molar-refractivity contribution in [2.45, 2.75) is 110 Å². The number of unbranched alkanes of at least 4 members (excludes halogenated alkanes) is 5. The third kappa shape index (κ3) is 10.2. The molecule has 0 fully saturated rings. The minimum atomic E-state index is -0.939. The molecule has 0 amide bonds. The first kappa shape index (κ1) is 28.4. The van der Waals surface area contributed by atoms with Gasteiger partial charge in [-0.3, -0.25) is 0 Å². The van der Waals surface area contributed by atoms with Crippen LogP contribution in [0.15, 0.2) is 24.3 Å². The summed E-state index contributed by atoms with van der Waals surface area (Å²) < 4.78 is 18.5. The van der Waals surface area contributed by atoms with Crippen molar-refractivity contribution >= 4 is 11.6 Å². The van der Waals surface area contributed by atoms with Crippen LogP contribution in [-0.2, 0) is 20.6 Å². The molecule has 0 aliphatic rings. The summed E-state index contributed by atoms with van der Waals surface area (Å²) >= 11 is 6.39. The topological polar surface area (TPSA) is 27.7 Å². The minimum absolute atomic E-state index is 0.0935. The van der Waals surface area contributed by atoms with Crippen LogP contribution in [0.25, 0.3) is 0 Å². The highest BCUT2D eigenvalue weighted by Gasteiger charge is 2.41. The Labute approximate surface area is 197 Å². The standard InChI is InChI=1S/C27H47ClO3/c1-6-11-12-13-14-15-16-25(27(29-8-3,30-9-4)31-10-5)22-19-23-17-20-24(21-18-23)26(28)7-2/h17-18,20-21,25-26H,6-16,19,22H2,1-5H3. The highest BCUT2D eigenvalue weighted by atomic mass is 35.5. The van der Waals surface area contributed by atoms with Gasteiger partial charge in [-0.15, -0.1) is 11.6 Å². The van der Waals surface area contributed by atoms with Gasteiger partial charge in [-0.05, 0) is 57.6 Å². The predicted octanol–water partition coefficient (Wildman–Crippen LogP) is 8.44. The second-order valence-electron chi connectivity index (χ2n) is 8.31. The van der Waals surface area contributed by atoms with Gasteiger partial charge >= 0.3 is 0 Å². The number of ether oxygens (including phenoxy) is 3. The van der Waals surface area contributed by atoms with E-state index in [0.29, 0.717) is 19.8 Å². The van der Waals surface area contributed by atoms with Gasteiger partial charge in [-0.1, -0.05) is 76.6 Å². The maximum absolute atomic E-state index is 6.39. The van der Waals surface area contributed by atoms with Crippen LogP contribution in [0.2, 0.25) is 0 Å². The molecule has 2 unspecified atom stereocenters. The normalized spacial score (nSPS) is 14.0. The van der Waals surface area contributed by atoms with Crippen molar-refractivity contribution < 1.29 is 14.2 Å². The Morgan fingerprint density at radius 1 is 0.742 bits per heavy atom. The van der Waals surface area contributed by atoms with Gasteiger partial charge in [0.15, 0.2) is 0 Å². The summed E-state index contributed by atoms with van der Waals surface area (Å²) in [5.41, 5.74) is 2.53. The van der Waals surface area contributed by atoms with Crippen molar-refractivity contribution in [3.05, 3.63) is 35.4 Å². The largest absolute Gasteiger partial charge is 0.328 e. The van der Waals surface area contributed by atoms with E-state index < -0.39 is 5.97 Å². The maximum Gasteiger partial charge on any atom is 0.285 e. The van der Waals surface area contributed by atoms with Crippen LogP contribution in [0.5, 0.6) is 0 Å². The van der Waals surface area contributed by atoms with E-state index in [4.69, 9.17) is 25.8 Å². The molecule has 2 atom stereocenters. The summed E-state index contributed by atoms with van der Waals surface area (Å²) in [5, 5.41) is 0.0935. The Morgan fingerprint density at radius 2 is 1.29 bits per heavy atom. The lowest BCUT2D eigenvalue weighted by atomic mass is 9.90. The van der Waals surface area contributed by atoms with Crippen molar-refractivity contribution in [1.29, 1.82) is 0 Å². The summed E-state index contributed by atoms with van der Waals surface area (Å²) in [4.78, 5) is 0. The van der Waals surface area contributed by atoms with Crippen LogP contribution in [0.4, 0.5) is 0 Å². The van der Waals surface area contributed by atoms with E-state index in [1.807, 2.05) is 20.8 Å². The van der Waals surface area contributed by atoms with Gasteiger partial charge < -0.3 is 14.2 Å². The minimum Gasteiger partial charge on any atom is -0.328 e. The third-order valence-electron chi connectivity index (χ3n) is 5.92. The number of halogens is 1. The van der Waals surface area contributed by atoms with E-state index in [9.17, 15) is 0 Å². The van der Waals surface area contributed by atoms with Gasteiger partial charge in [0.1, 0.15) is 0 Å². The average Bonchev–Trinajstić information content (AvgIpc) is 2.78. The molecule has 0 radical (unpaired) electrons. The maximum atomic E-state index is 6.39. The van der Waals surface area contributed by atoms with E-state index in [1.54, 1.807) is 0 Å². The summed E-state index contributed by atoms with van der Waals surface area (Å²) in [6.07, 6.45) is 11.7. The first-order valence-corrected chi connectivity index (χ1v) is 13.1. The van der Waals surface area contributed by atoms with E-state index in [0.717, 1.165) is 25.7 Å². The highest BCUT2D eigenvalue weighted by Crippen LogP contribution is 2.34. The lowest BCUT2D eigenvalue weighted by Gasteiger charge is -2.39. The second kappa shape index (κ2) is 16.9. The quantitative estimate of drug-likeness (QED) is 0.119. The van der Waals surface area contributed by atoms with Crippen LogP contribution >= 0.6 is 11.6 Å². The molecule has 0 aromatic heterocycles. The zero-order valence-corrected chi connectivity index (χ0v) is 21.5. The fourth-order valence-corrected chi connectivity index (χ4v) is 4.37. The summed E-state index contributed by atoms with van der Waals surface area (Å²) in [6.45, 7) is 12.2. The van der Waals surface area contributed by atoms with Crippen molar-refractivity contribution in [3.63, 3.8) is 0 Å². The van der Waals surface area contributed by atoms with Crippen LogP contribution in [0, 0.1) is 5.92 Å². The molecule has 1 aromatic rings. The Morgan fingerprint density at radius 3 is 1.81 bits per heavy atom. The van der Waals surface area contributed by atoms with Gasteiger partial charge in [0.05, 0.1) is 5.38 Å². The Balaban J connectivity index is 2.86. The van der Waals surface area contributed by atoms with Crippen LogP contribution < -0.4 is 0 Å². The van der Waals surface area contributed by atoms with Crippen LogP contribution in [0.3, 0.4) is 0 Å². The highest BCUT2D eigenvalue weighted by molar-refractivity contribution is 6.20. The van der Waals surface area contributed by atoms with Crippen molar-refractivity contribution in [3.8, 4) is 0 Å². The Bertz CT molecular complexity index is 529. The number of aryl methyl sites for hydroxylation is 1. The van der Waals surface area contributed by atoms with E-state index >= 15 is 0 Å². The average molecular weight is 455 g/mol. The van der Waals surface area contributed by atoms with Gasteiger partial charge in [0.25, 0.3) is 5.97 Å². The van der Waals surface area contributed by atoms with E-state index in [-0.39, 0.29) is 11.3 Å². The summed E-state index contributed by atoms with van der Waals surface area (Å²) in [5.74, 6) is -0.736. The molecule has 3 nitrogen and oxygen atoms in total. The second-order valence-corrected chi connectivity index (χ2v) is 8.84. The number of hydrogen-bond donors (Lipinski definition) is 0. The molecular weight excluding hydrogens is 408 g/mol. The molecule has 31 heavy (non-hydrogen) atoms. The number of rotatable bonds is 19. The molecule has 0 aliphatic heterocycles. The Kier molecular flexibility index (Phi) is 15.5. The number of alkyl halides is 1. The van der Waals surface area contributed by atoms with Crippen molar-refractivity contribution in [2.24, 2.45) is 5.92 Å². The van der Waals surface area contributed by atoms with Crippen molar-refractivity contribution in [2.75, 3.05) is 19.8 Å². The monoisotopic (exact) mass is 454 g/mol. The van der Waals surface area contributed by atoms with Crippen LogP contribution in [0.1, 0.15) is 109 Å². The zero-order chi connectivity index (χ0) is 23.0. The van der Waals surface area contributed by atoms with Gasteiger partial charge in [0, 0.05) is 25.7 Å². The van der Waals surface area contributed by atoms with Crippen LogP contribution in [-0.4, -0.2) is 25.8 Å². The Hall–Kier alpha value is -0.610. The molecule has 1 aromatic carbocycles. The molecule has 0 aliphatic carbocycles. The SMILES string of the molecule is CCCCCCCCC(CCc1ccc(C(Cl)CC)cc1)C(OCC)(OCC)OCC. The summed E-state index contributed by atoms with van der Waals surface area (Å²) in [7, 11) is 0. The molecule has 0 bridgehead atoms. The molecular formula is C27H47ClO3. The number of hydrogen-bond acceptors (Lipinski definition) is 3. The zero-order valence-electron chi connectivity index (χ0n) is 20.8. The molecule has 0 heterocycles. The third-order valence-corrected chi connectivity index (χ3v) is 6.48. The molecule has 180 valence electrons. The van der Waals surface area contributed by atoms with Crippen molar-refractivity contribution in [1.82, 2.24) is 0 Å². The fourth-order valence-electron chi connectivity index (χ4n) is 4.22. The smallest absolute Gasteiger partial charge is 0.285 e. The lowest BCUT2D eigenvalue weighted by molar-refractivity contribution is -0.403. The van der Waals surface area contributed by atoms with Gasteiger partial charge in [-0.25, -0.2) is 0 Å². The molecule has 0 saturated carbocycles. The predicted molar refractivity (Wildman–Crippen MR) is 133 cm³/mol. The first-order chi connectivity index (χ1) is 15.1. The van der Waals surface area contributed by atoms with E-state index in [2.05, 4.69) is 38.1 Å². The van der Waals surface area contributed by atoms with E-state index in [1.165, 1.54) is 49.7 Å². The lowest BCUT2D eigenvalue weighted by Crippen LogP contribution is -2.47. The molecule has 0 saturated heterocycles. The summed E-state index contributed by atoms with van der Waals surface area (Å²) in [6, 6.07) is 8.76. The molecule has 0 N–H and O–H groups in total. The molecule has 0 spiro atoms. The number of benzene rings is 1. The molecule has 1 rings (SSSR count). The van der Waals surface area contributed by atoms with Gasteiger partial charge in [0.2, 0.25) is 0 Å². The molecule has 4 heteroatoms. The van der Waals surface area contributed by atoms with Gasteiger partial charge in [-0.2, -0.15) is 0 Å². The fraction of sp³-hybridized carbons (Fsp3) is 0.778. The first-order valence-electron chi connectivity index (χ1n) is 12.7.